The minimum atomic E-state index is 0.361. The van der Waals surface area contributed by atoms with Gasteiger partial charge in [-0.15, -0.1) is 0 Å². The third-order valence-corrected chi connectivity index (χ3v) is 3.80. The van der Waals surface area contributed by atoms with Crippen LogP contribution in [0.5, 0.6) is 5.75 Å². The second kappa shape index (κ2) is 9.22. The first kappa shape index (κ1) is 15.3. The number of nitrogens with zero attached hydrogens (tertiary/aromatic N) is 1. The summed E-state index contributed by atoms with van der Waals surface area (Å²) >= 11 is 1.98. The molecule has 0 spiro atoms. The Bertz CT molecular complexity index is 333. The van der Waals surface area contributed by atoms with E-state index >= 15 is 0 Å². The van der Waals surface area contributed by atoms with Crippen molar-refractivity contribution in [3.63, 3.8) is 0 Å². The van der Waals surface area contributed by atoms with Gasteiger partial charge >= 0.3 is 0 Å². The quantitative estimate of drug-likeness (QED) is 0.697. The Morgan fingerprint density at radius 2 is 2.17 bits per heavy atom. The van der Waals surface area contributed by atoms with Crippen LogP contribution in [0.2, 0.25) is 0 Å². The van der Waals surface area contributed by atoms with Crippen molar-refractivity contribution in [2.45, 2.75) is 33.2 Å². The van der Waals surface area contributed by atoms with Gasteiger partial charge in [0, 0.05) is 18.0 Å². The average Bonchev–Trinajstić information content (AvgIpc) is 2.39. The summed E-state index contributed by atoms with van der Waals surface area (Å²) in [4.78, 5) is 4.26. The molecule has 1 atom stereocenters. The van der Waals surface area contributed by atoms with Crippen LogP contribution in [0.3, 0.4) is 0 Å². The molecule has 0 amide bonds. The maximum absolute atomic E-state index is 5.50. The minimum absolute atomic E-state index is 0.361. The Labute approximate surface area is 115 Å². The summed E-state index contributed by atoms with van der Waals surface area (Å²) in [5, 5.41) is 3.51. The van der Waals surface area contributed by atoms with Gasteiger partial charge in [-0.2, -0.15) is 11.8 Å². The predicted octanol–water partition coefficient (Wildman–Crippen LogP) is 3.27. The molecule has 0 fully saturated rings. The van der Waals surface area contributed by atoms with Crippen molar-refractivity contribution in [3.05, 3.63) is 24.0 Å². The molecule has 0 bridgehead atoms. The van der Waals surface area contributed by atoms with Gasteiger partial charge in [-0.25, -0.2) is 0 Å². The summed E-state index contributed by atoms with van der Waals surface area (Å²) in [6.07, 6.45) is 4.93. The fourth-order valence-corrected chi connectivity index (χ4v) is 2.74. The fourth-order valence-electron chi connectivity index (χ4n) is 1.74. The van der Waals surface area contributed by atoms with Gasteiger partial charge < -0.3 is 10.1 Å². The van der Waals surface area contributed by atoms with E-state index in [1.807, 2.05) is 24.9 Å². The molecule has 0 aromatic carbocycles. The molecular weight excluding hydrogens is 244 g/mol. The van der Waals surface area contributed by atoms with Gasteiger partial charge in [0.1, 0.15) is 5.75 Å². The van der Waals surface area contributed by atoms with Crippen LogP contribution in [-0.4, -0.2) is 29.6 Å². The number of ether oxygens (including phenoxy) is 1. The number of hydrogen-bond donors (Lipinski definition) is 1. The molecule has 0 saturated heterocycles. The zero-order valence-electron chi connectivity index (χ0n) is 11.6. The van der Waals surface area contributed by atoms with Crippen molar-refractivity contribution >= 4 is 11.8 Å². The molecule has 0 radical (unpaired) electrons. The van der Waals surface area contributed by atoms with Gasteiger partial charge in [-0.05, 0) is 37.3 Å². The Hall–Kier alpha value is -0.740. The molecule has 18 heavy (non-hydrogen) atoms. The van der Waals surface area contributed by atoms with Crippen LogP contribution in [0.25, 0.3) is 0 Å². The topological polar surface area (TPSA) is 34.2 Å². The highest BCUT2D eigenvalue weighted by molar-refractivity contribution is 7.99. The van der Waals surface area contributed by atoms with Crippen LogP contribution in [0.4, 0.5) is 0 Å². The Morgan fingerprint density at radius 3 is 2.83 bits per heavy atom. The highest BCUT2D eigenvalue weighted by Gasteiger charge is 2.11. The second-order valence-corrected chi connectivity index (χ2v) is 5.22. The molecule has 102 valence electrons. The van der Waals surface area contributed by atoms with E-state index in [0.717, 1.165) is 18.0 Å². The number of thioether (sulfide) groups is 1. The standard InChI is InChI=1S/C14H24N2OS/c1-4-7-18-11-14(16-5-2)12-8-13(17-6-3)10-15-9-12/h8-10,14,16H,4-7,11H2,1-3H3. The van der Waals surface area contributed by atoms with E-state index in [1.54, 1.807) is 6.20 Å². The molecule has 1 aromatic heterocycles. The molecule has 1 N–H and O–H groups in total. The van der Waals surface area contributed by atoms with E-state index < -0.39 is 0 Å². The molecule has 0 aliphatic heterocycles. The van der Waals surface area contributed by atoms with Gasteiger partial charge in [0.2, 0.25) is 0 Å². The molecule has 1 unspecified atom stereocenters. The van der Waals surface area contributed by atoms with E-state index in [1.165, 1.54) is 17.7 Å². The van der Waals surface area contributed by atoms with Crippen molar-refractivity contribution < 1.29 is 4.74 Å². The first-order chi connectivity index (χ1) is 8.81. The molecule has 3 nitrogen and oxygen atoms in total. The summed E-state index contributed by atoms with van der Waals surface area (Å²) in [7, 11) is 0. The van der Waals surface area contributed by atoms with E-state index in [2.05, 4.69) is 30.2 Å². The summed E-state index contributed by atoms with van der Waals surface area (Å²) in [6, 6.07) is 2.45. The lowest BCUT2D eigenvalue weighted by molar-refractivity contribution is 0.338. The zero-order valence-corrected chi connectivity index (χ0v) is 12.4. The molecule has 0 saturated carbocycles. The summed E-state index contributed by atoms with van der Waals surface area (Å²) in [5.41, 5.74) is 1.21. The van der Waals surface area contributed by atoms with Gasteiger partial charge in [0.05, 0.1) is 12.8 Å². The van der Waals surface area contributed by atoms with Crippen molar-refractivity contribution in [3.8, 4) is 5.75 Å². The van der Waals surface area contributed by atoms with Crippen LogP contribution in [0, 0.1) is 0 Å². The summed E-state index contributed by atoms with van der Waals surface area (Å²) in [5.74, 6) is 3.15. The first-order valence-electron chi connectivity index (χ1n) is 6.70. The molecule has 0 aliphatic rings. The van der Waals surface area contributed by atoms with Crippen molar-refractivity contribution in [2.75, 3.05) is 24.7 Å². The van der Waals surface area contributed by atoms with Crippen LogP contribution in [-0.2, 0) is 0 Å². The second-order valence-electron chi connectivity index (χ2n) is 4.07. The Morgan fingerprint density at radius 1 is 1.33 bits per heavy atom. The summed E-state index contributed by atoms with van der Waals surface area (Å²) < 4.78 is 5.50. The van der Waals surface area contributed by atoms with Gasteiger partial charge in [0.25, 0.3) is 0 Å². The monoisotopic (exact) mass is 268 g/mol. The van der Waals surface area contributed by atoms with Crippen LogP contribution in [0.15, 0.2) is 18.5 Å². The highest BCUT2D eigenvalue weighted by Crippen LogP contribution is 2.21. The van der Waals surface area contributed by atoms with Crippen molar-refractivity contribution in [1.82, 2.24) is 10.3 Å². The smallest absolute Gasteiger partial charge is 0.137 e. The van der Waals surface area contributed by atoms with Crippen molar-refractivity contribution in [2.24, 2.45) is 0 Å². The molecule has 4 heteroatoms. The minimum Gasteiger partial charge on any atom is -0.492 e. The van der Waals surface area contributed by atoms with Crippen LogP contribution >= 0.6 is 11.8 Å². The third kappa shape index (κ3) is 5.27. The number of nitrogens with one attached hydrogen (secondary N) is 1. The van der Waals surface area contributed by atoms with Gasteiger partial charge in [-0.3, -0.25) is 4.98 Å². The number of hydrogen-bond acceptors (Lipinski definition) is 4. The van der Waals surface area contributed by atoms with E-state index in [4.69, 9.17) is 4.74 Å². The zero-order chi connectivity index (χ0) is 13.2. The lowest BCUT2D eigenvalue weighted by Crippen LogP contribution is -2.23. The maximum Gasteiger partial charge on any atom is 0.137 e. The predicted molar refractivity (Wildman–Crippen MR) is 79.4 cm³/mol. The average molecular weight is 268 g/mol. The molecular formula is C14H24N2OS. The lowest BCUT2D eigenvalue weighted by Gasteiger charge is -2.18. The molecule has 1 aromatic rings. The number of pyridine rings is 1. The fraction of sp³-hybridized carbons (Fsp3) is 0.643. The number of rotatable bonds is 9. The van der Waals surface area contributed by atoms with Crippen LogP contribution in [0.1, 0.15) is 38.8 Å². The highest BCUT2D eigenvalue weighted by atomic mass is 32.2. The maximum atomic E-state index is 5.50. The van der Waals surface area contributed by atoms with E-state index in [9.17, 15) is 0 Å². The molecule has 1 rings (SSSR count). The van der Waals surface area contributed by atoms with Gasteiger partial charge in [0.15, 0.2) is 0 Å². The molecule has 1 heterocycles. The normalized spacial score (nSPS) is 12.4. The summed E-state index contributed by atoms with van der Waals surface area (Å²) in [6.45, 7) is 7.99. The van der Waals surface area contributed by atoms with Crippen molar-refractivity contribution in [1.29, 1.82) is 0 Å². The van der Waals surface area contributed by atoms with Crippen LogP contribution < -0.4 is 10.1 Å². The third-order valence-electron chi connectivity index (χ3n) is 2.53. The molecule has 0 aliphatic carbocycles. The Kier molecular flexibility index (Phi) is 7.85. The first-order valence-corrected chi connectivity index (χ1v) is 7.86. The largest absolute Gasteiger partial charge is 0.492 e. The van der Waals surface area contributed by atoms with E-state index in [-0.39, 0.29) is 0 Å². The van der Waals surface area contributed by atoms with E-state index in [0.29, 0.717) is 12.6 Å². The SMILES string of the molecule is CCCSCC(NCC)c1cncc(OCC)c1. The Balaban J connectivity index is 2.67. The lowest BCUT2D eigenvalue weighted by atomic mass is 10.1. The van der Waals surface area contributed by atoms with Gasteiger partial charge in [-0.1, -0.05) is 13.8 Å². The number of aromatic nitrogens is 1.